The Morgan fingerprint density at radius 3 is 2.72 bits per heavy atom. The minimum absolute atomic E-state index is 0.0903. The number of hydrogen-bond acceptors (Lipinski definition) is 6. The molecule has 0 atom stereocenters. The van der Waals surface area contributed by atoms with Crippen molar-refractivity contribution >= 4 is 11.7 Å². The fourth-order valence-corrected chi connectivity index (χ4v) is 2.14. The lowest BCUT2D eigenvalue weighted by Gasteiger charge is -2.32. The molecule has 1 aliphatic rings. The van der Waals surface area contributed by atoms with Crippen LogP contribution in [-0.4, -0.2) is 90.5 Å². The molecule has 1 aromatic heterocycles. The molecule has 12 heteroatoms. The molecule has 25 heavy (non-hydrogen) atoms. The first-order chi connectivity index (χ1) is 11.8. The van der Waals surface area contributed by atoms with E-state index in [-0.39, 0.29) is 24.0 Å². The molecule has 0 unspecified atom stereocenters. The van der Waals surface area contributed by atoms with E-state index in [1.807, 2.05) is 7.05 Å². The Kier molecular flexibility index (Phi) is 6.31. The highest BCUT2D eigenvalue weighted by Crippen LogP contribution is 2.18. The SMILES string of the molecule is CN1CCN(C(=O)c2[nH]cnc2/N=N/N(C)CCOC(F)(F)F)CC1. The third-order valence-corrected chi connectivity index (χ3v) is 3.60. The van der Waals surface area contributed by atoms with Crippen molar-refractivity contribution in [2.45, 2.75) is 6.36 Å². The van der Waals surface area contributed by atoms with E-state index < -0.39 is 13.0 Å². The van der Waals surface area contributed by atoms with Crippen LogP contribution in [0.5, 0.6) is 0 Å². The van der Waals surface area contributed by atoms with E-state index in [1.165, 1.54) is 18.4 Å². The Morgan fingerprint density at radius 1 is 1.40 bits per heavy atom. The predicted molar refractivity (Wildman–Crippen MR) is 81.1 cm³/mol. The summed E-state index contributed by atoms with van der Waals surface area (Å²) in [7, 11) is 3.42. The number of ether oxygens (including phenoxy) is 1. The monoisotopic (exact) mass is 363 g/mol. The smallest absolute Gasteiger partial charge is 0.339 e. The fraction of sp³-hybridized carbons (Fsp3) is 0.692. The van der Waals surface area contributed by atoms with Gasteiger partial charge in [0.2, 0.25) is 5.82 Å². The number of H-pyrrole nitrogens is 1. The maximum absolute atomic E-state index is 12.5. The molecule has 0 aliphatic carbocycles. The van der Waals surface area contributed by atoms with Crippen LogP contribution >= 0.6 is 0 Å². The molecule has 1 aromatic rings. The lowest BCUT2D eigenvalue weighted by atomic mass is 10.3. The molecular formula is C13H20F3N7O2. The molecule has 1 saturated heterocycles. The Labute approximate surface area is 142 Å². The summed E-state index contributed by atoms with van der Waals surface area (Å²) >= 11 is 0. The van der Waals surface area contributed by atoms with Crippen LogP contribution in [0.25, 0.3) is 0 Å². The maximum Gasteiger partial charge on any atom is 0.522 e. The van der Waals surface area contributed by atoms with Crippen molar-refractivity contribution in [3.63, 3.8) is 0 Å². The maximum atomic E-state index is 12.5. The molecular weight excluding hydrogens is 343 g/mol. The van der Waals surface area contributed by atoms with Crippen molar-refractivity contribution in [2.75, 3.05) is 53.4 Å². The molecule has 0 radical (unpaired) electrons. The summed E-state index contributed by atoms with van der Waals surface area (Å²) in [5.74, 6) is -0.143. The van der Waals surface area contributed by atoms with E-state index in [0.717, 1.165) is 13.1 Å². The zero-order valence-corrected chi connectivity index (χ0v) is 14.0. The zero-order valence-electron chi connectivity index (χ0n) is 14.0. The number of carbonyl (C=O) groups is 1. The molecule has 1 aliphatic heterocycles. The average molecular weight is 363 g/mol. The Balaban J connectivity index is 1.91. The summed E-state index contributed by atoms with van der Waals surface area (Å²) in [6.45, 7) is 2.05. The minimum atomic E-state index is -4.68. The third kappa shape index (κ3) is 5.98. The van der Waals surface area contributed by atoms with E-state index in [9.17, 15) is 18.0 Å². The summed E-state index contributed by atoms with van der Waals surface area (Å²) < 4.78 is 39.4. The Morgan fingerprint density at radius 2 is 2.08 bits per heavy atom. The van der Waals surface area contributed by atoms with E-state index in [1.54, 1.807) is 4.90 Å². The van der Waals surface area contributed by atoms with E-state index in [0.29, 0.717) is 13.1 Å². The van der Waals surface area contributed by atoms with Crippen LogP contribution in [0.3, 0.4) is 0 Å². The van der Waals surface area contributed by atoms with Gasteiger partial charge in [-0.3, -0.25) is 14.5 Å². The van der Waals surface area contributed by atoms with Gasteiger partial charge in [0.1, 0.15) is 0 Å². The van der Waals surface area contributed by atoms with Gasteiger partial charge in [-0.1, -0.05) is 5.22 Å². The number of piperazine rings is 1. The van der Waals surface area contributed by atoms with Crippen molar-refractivity contribution in [2.24, 2.45) is 10.3 Å². The van der Waals surface area contributed by atoms with E-state index in [4.69, 9.17) is 0 Å². The van der Waals surface area contributed by atoms with Crippen LogP contribution in [0, 0.1) is 0 Å². The number of aromatic nitrogens is 2. The highest BCUT2D eigenvalue weighted by molar-refractivity contribution is 5.96. The number of imidazole rings is 1. The molecule has 1 fully saturated rings. The molecule has 140 valence electrons. The Hall–Kier alpha value is -2.21. The predicted octanol–water partition coefficient (Wildman–Crippen LogP) is 1.26. The summed E-state index contributed by atoms with van der Waals surface area (Å²) in [6.07, 6.45) is -3.35. The molecule has 1 amide bonds. The first kappa shape index (κ1) is 19.1. The molecule has 0 spiro atoms. The summed E-state index contributed by atoms with van der Waals surface area (Å²) in [5.41, 5.74) is 0.202. The minimum Gasteiger partial charge on any atom is -0.339 e. The highest BCUT2D eigenvalue weighted by atomic mass is 19.4. The number of hydrogen-bond donors (Lipinski definition) is 1. The van der Waals surface area contributed by atoms with Gasteiger partial charge >= 0.3 is 6.36 Å². The number of alkyl halides is 3. The fourth-order valence-electron chi connectivity index (χ4n) is 2.14. The Bertz CT molecular complexity index is 597. The van der Waals surface area contributed by atoms with Gasteiger partial charge in [-0.15, -0.1) is 18.3 Å². The number of halogens is 3. The van der Waals surface area contributed by atoms with Crippen LogP contribution in [0.15, 0.2) is 16.7 Å². The quantitative estimate of drug-likeness (QED) is 0.607. The van der Waals surface area contributed by atoms with Crippen LogP contribution in [-0.2, 0) is 4.74 Å². The number of amides is 1. The van der Waals surface area contributed by atoms with Gasteiger partial charge < -0.3 is 14.8 Å². The van der Waals surface area contributed by atoms with Crippen LogP contribution in [0.4, 0.5) is 19.0 Å². The summed E-state index contributed by atoms with van der Waals surface area (Å²) in [4.78, 5) is 23.0. The van der Waals surface area contributed by atoms with Gasteiger partial charge in [-0.2, -0.15) is 0 Å². The van der Waals surface area contributed by atoms with Gasteiger partial charge in [0.15, 0.2) is 5.69 Å². The topological polar surface area (TPSA) is 89.4 Å². The number of aromatic amines is 1. The number of carbonyl (C=O) groups excluding carboxylic acids is 1. The number of nitrogens with zero attached hydrogens (tertiary/aromatic N) is 6. The standard InChI is InChI=1S/C13H20F3N7O2/c1-21-3-5-23(6-4-21)12(24)10-11(18-9-17-10)19-20-22(2)7-8-25-13(14,15)16/h9H,3-8H2,1-2H3,(H,17,18)/b20-19+. The molecule has 0 aromatic carbocycles. The second-order valence-electron chi connectivity index (χ2n) is 5.56. The second kappa shape index (κ2) is 8.25. The van der Waals surface area contributed by atoms with Crippen LogP contribution in [0.1, 0.15) is 10.5 Å². The molecule has 0 saturated carbocycles. The summed E-state index contributed by atoms with van der Waals surface area (Å²) in [6, 6.07) is 0. The molecule has 1 N–H and O–H groups in total. The third-order valence-electron chi connectivity index (χ3n) is 3.60. The summed E-state index contributed by atoms with van der Waals surface area (Å²) in [5, 5.41) is 8.73. The highest BCUT2D eigenvalue weighted by Gasteiger charge is 2.28. The van der Waals surface area contributed by atoms with Gasteiger partial charge in [0, 0.05) is 33.2 Å². The number of rotatable bonds is 6. The second-order valence-corrected chi connectivity index (χ2v) is 5.56. The molecule has 2 heterocycles. The van der Waals surface area contributed by atoms with Gasteiger partial charge in [-0.25, -0.2) is 4.98 Å². The van der Waals surface area contributed by atoms with Gasteiger partial charge in [0.05, 0.1) is 19.5 Å². The number of nitrogens with one attached hydrogen (secondary N) is 1. The first-order valence-electron chi connectivity index (χ1n) is 7.61. The number of likely N-dealkylation sites (N-methyl/N-ethyl adjacent to an activating group) is 2. The molecule has 9 nitrogen and oxygen atoms in total. The van der Waals surface area contributed by atoms with Crippen molar-refractivity contribution < 1.29 is 22.7 Å². The lowest BCUT2D eigenvalue weighted by Crippen LogP contribution is -2.47. The molecule has 2 rings (SSSR count). The normalized spacial score (nSPS) is 16.6. The van der Waals surface area contributed by atoms with E-state index >= 15 is 0 Å². The first-order valence-corrected chi connectivity index (χ1v) is 7.61. The zero-order chi connectivity index (χ0) is 18.4. The van der Waals surface area contributed by atoms with Crippen molar-refractivity contribution in [1.29, 1.82) is 0 Å². The van der Waals surface area contributed by atoms with Crippen molar-refractivity contribution in [3.8, 4) is 0 Å². The largest absolute Gasteiger partial charge is 0.522 e. The van der Waals surface area contributed by atoms with Gasteiger partial charge in [0.25, 0.3) is 5.91 Å². The lowest BCUT2D eigenvalue weighted by molar-refractivity contribution is -0.324. The van der Waals surface area contributed by atoms with Crippen LogP contribution in [0.2, 0.25) is 0 Å². The van der Waals surface area contributed by atoms with Crippen molar-refractivity contribution in [3.05, 3.63) is 12.0 Å². The van der Waals surface area contributed by atoms with Gasteiger partial charge in [-0.05, 0) is 7.05 Å². The van der Waals surface area contributed by atoms with Crippen LogP contribution < -0.4 is 0 Å². The van der Waals surface area contributed by atoms with E-state index in [2.05, 4.69) is 29.9 Å². The van der Waals surface area contributed by atoms with Crippen molar-refractivity contribution in [1.82, 2.24) is 24.8 Å². The average Bonchev–Trinajstić information content (AvgIpc) is 3.00. The molecule has 0 bridgehead atoms.